The van der Waals surface area contributed by atoms with Gasteiger partial charge in [0.15, 0.2) is 0 Å². The number of furan rings is 1. The number of hydrogen-bond donors (Lipinski definition) is 1. The molecule has 1 saturated carbocycles. The molecule has 1 aliphatic carbocycles. The normalized spacial score (nSPS) is 18.7. The van der Waals surface area contributed by atoms with Gasteiger partial charge >= 0.3 is 0 Å². The summed E-state index contributed by atoms with van der Waals surface area (Å²) >= 11 is 3.50. The Morgan fingerprint density at radius 3 is 2.84 bits per heavy atom. The molecule has 1 aromatic carbocycles. The van der Waals surface area contributed by atoms with Crippen molar-refractivity contribution in [2.24, 2.45) is 5.41 Å². The van der Waals surface area contributed by atoms with Gasteiger partial charge in [0.1, 0.15) is 11.3 Å². The van der Waals surface area contributed by atoms with Gasteiger partial charge < -0.3 is 9.73 Å². The number of halogens is 1. The minimum Gasteiger partial charge on any atom is -0.459 e. The molecular formula is C16H20BrNO. The number of benzene rings is 1. The van der Waals surface area contributed by atoms with E-state index in [1.54, 1.807) is 0 Å². The first kappa shape index (κ1) is 13.2. The minimum absolute atomic E-state index is 0.273. The van der Waals surface area contributed by atoms with Crippen LogP contribution in [0.4, 0.5) is 0 Å². The average molecular weight is 322 g/mol. The van der Waals surface area contributed by atoms with Crippen molar-refractivity contribution in [3.05, 3.63) is 34.5 Å². The second kappa shape index (κ2) is 4.95. The van der Waals surface area contributed by atoms with Crippen molar-refractivity contribution in [2.45, 2.75) is 39.2 Å². The largest absolute Gasteiger partial charge is 0.459 e. The molecule has 0 radical (unpaired) electrons. The molecule has 1 atom stereocenters. The molecule has 102 valence electrons. The molecular weight excluding hydrogens is 302 g/mol. The van der Waals surface area contributed by atoms with Crippen LogP contribution in [0.25, 0.3) is 11.0 Å². The van der Waals surface area contributed by atoms with E-state index >= 15 is 0 Å². The molecule has 1 aromatic heterocycles. The van der Waals surface area contributed by atoms with Gasteiger partial charge in [-0.2, -0.15) is 0 Å². The lowest BCUT2D eigenvalue weighted by molar-refractivity contribution is 0.384. The Balaban J connectivity index is 1.72. The van der Waals surface area contributed by atoms with Crippen LogP contribution >= 0.6 is 15.9 Å². The van der Waals surface area contributed by atoms with Crippen molar-refractivity contribution >= 4 is 26.9 Å². The maximum Gasteiger partial charge on any atom is 0.134 e. The Morgan fingerprint density at radius 2 is 2.16 bits per heavy atom. The van der Waals surface area contributed by atoms with Crippen molar-refractivity contribution in [1.82, 2.24) is 5.32 Å². The van der Waals surface area contributed by atoms with Gasteiger partial charge in [-0.05, 0) is 55.9 Å². The molecule has 1 unspecified atom stereocenters. The van der Waals surface area contributed by atoms with Crippen LogP contribution in [0, 0.1) is 5.41 Å². The fourth-order valence-electron chi connectivity index (χ4n) is 2.55. The predicted octanol–water partition coefficient (Wildman–Crippen LogP) is 5.04. The molecule has 3 heteroatoms. The number of nitrogens with one attached hydrogen (secondary N) is 1. The van der Waals surface area contributed by atoms with Gasteiger partial charge in [0.2, 0.25) is 0 Å². The minimum atomic E-state index is 0.273. The molecule has 0 bridgehead atoms. The Morgan fingerprint density at radius 1 is 1.37 bits per heavy atom. The fraction of sp³-hybridized carbons (Fsp3) is 0.500. The summed E-state index contributed by atoms with van der Waals surface area (Å²) in [6.07, 6.45) is 4.02. The van der Waals surface area contributed by atoms with E-state index < -0.39 is 0 Å². The summed E-state index contributed by atoms with van der Waals surface area (Å²) in [5.74, 6) is 1.03. The monoisotopic (exact) mass is 321 g/mol. The summed E-state index contributed by atoms with van der Waals surface area (Å²) in [5, 5.41) is 4.78. The van der Waals surface area contributed by atoms with Gasteiger partial charge in [0.25, 0.3) is 0 Å². The zero-order chi connectivity index (χ0) is 13.5. The van der Waals surface area contributed by atoms with E-state index in [-0.39, 0.29) is 6.04 Å². The van der Waals surface area contributed by atoms with Crippen LogP contribution in [0.1, 0.15) is 44.9 Å². The Bertz CT molecular complexity index is 585. The standard InChI is InChI=1S/C16H20BrNO/c1-3-16(6-7-16)10-18-11(2)15-9-12-8-13(17)4-5-14(12)19-15/h4-5,8-9,11,18H,3,6-7,10H2,1-2H3. The van der Waals surface area contributed by atoms with Gasteiger partial charge in [-0.15, -0.1) is 0 Å². The zero-order valence-electron chi connectivity index (χ0n) is 11.5. The first-order valence-corrected chi connectivity index (χ1v) is 7.84. The third kappa shape index (κ3) is 2.72. The molecule has 0 spiro atoms. The maximum atomic E-state index is 5.92. The number of fused-ring (bicyclic) bond motifs is 1. The van der Waals surface area contributed by atoms with Gasteiger partial charge in [-0.25, -0.2) is 0 Å². The van der Waals surface area contributed by atoms with Gasteiger partial charge in [0.05, 0.1) is 6.04 Å². The Hall–Kier alpha value is -0.800. The molecule has 1 aliphatic rings. The maximum absolute atomic E-state index is 5.92. The molecule has 1 heterocycles. The summed E-state index contributed by atoms with van der Waals surface area (Å²) in [6, 6.07) is 8.55. The van der Waals surface area contributed by atoms with Crippen LogP contribution in [0.15, 0.2) is 33.2 Å². The highest BCUT2D eigenvalue weighted by Crippen LogP contribution is 2.48. The molecule has 2 aromatic rings. The molecule has 3 rings (SSSR count). The van der Waals surface area contributed by atoms with Crippen LogP contribution in [0.5, 0.6) is 0 Å². The van der Waals surface area contributed by atoms with E-state index in [2.05, 4.69) is 47.2 Å². The summed E-state index contributed by atoms with van der Waals surface area (Å²) in [7, 11) is 0. The topological polar surface area (TPSA) is 25.2 Å². The lowest BCUT2D eigenvalue weighted by Crippen LogP contribution is -2.26. The number of hydrogen-bond acceptors (Lipinski definition) is 2. The van der Waals surface area contributed by atoms with Crippen LogP contribution in [0.2, 0.25) is 0 Å². The predicted molar refractivity (Wildman–Crippen MR) is 82.3 cm³/mol. The van der Waals surface area contributed by atoms with Crippen molar-refractivity contribution in [3.63, 3.8) is 0 Å². The molecule has 0 amide bonds. The highest BCUT2D eigenvalue weighted by molar-refractivity contribution is 9.10. The third-order valence-corrected chi connectivity index (χ3v) is 4.91. The molecule has 1 fully saturated rings. The van der Waals surface area contributed by atoms with Crippen LogP contribution in [-0.2, 0) is 0 Å². The highest BCUT2D eigenvalue weighted by Gasteiger charge is 2.40. The molecule has 19 heavy (non-hydrogen) atoms. The van der Waals surface area contributed by atoms with Crippen LogP contribution < -0.4 is 5.32 Å². The Labute approximate surface area is 122 Å². The van der Waals surface area contributed by atoms with Gasteiger partial charge in [-0.3, -0.25) is 0 Å². The van der Waals surface area contributed by atoms with E-state index in [9.17, 15) is 0 Å². The van der Waals surface area contributed by atoms with E-state index in [0.717, 1.165) is 27.7 Å². The first-order chi connectivity index (χ1) is 9.12. The van der Waals surface area contributed by atoms with Crippen molar-refractivity contribution in [3.8, 4) is 0 Å². The third-order valence-electron chi connectivity index (χ3n) is 4.41. The average Bonchev–Trinajstić information content (AvgIpc) is 3.07. The fourth-order valence-corrected chi connectivity index (χ4v) is 2.93. The highest BCUT2D eigenvalue weighted by atomic mass is 79.9. The summed E-state index contributed by atoms with van der Waals surface area (Å²) in [6.45, 7) is 5.57. The second-order valence-electron chi connectivity index (χ2n) is 5.79. The van der Waals surface area contributed by atoms with E-state index in [4.69, 9.17) is 4.42 Å². The zero-order valence-corrected chi connectivity index (χ0v) is 13.1. The molecule has 0 saturated heterocycles. The van der Waals surface area contributed by atoms with E-state index in [0.29, 0.717) is 5.41 Å². The lowest BCUT2D eigenvalue weighted by Gasteiger charge is -2.17. The van der Waals surface area contributed by atoms with Crippen LogP contribution in [-0.4, -0.2) is 6.54 Å². The smallest absolute Gasteiger partial charge is 0.134 e. The summed E-state index contributed by atoms with van der Waals surface area (Å²) < 4.78 is 7.01. The summed E-state index contributed by atoms with van der Waals surface area (Å²) in [4.78, 5) is 0. The van der Waals surface area contributed by atoms with Crippen molar-refractivity contribution in [1.29, 1.82) is 0 Å². The molecule has 2 nitrogen and oxygen atoms in total. The van der Waals surface area contributed by atoms with Crippen molar-refractivity contribution < 1.29 is 4.42 Å². The second-order valence-corrected chi connectivity index (χ2v) is 6.70. The molecule has 1 N–H and O–H groups in total. The van der Waals surface area contributed by atoms with E-state index in [1.165, 1.54) is 19.3 Å². The first-order valence-electron chi connectivity index (χ1n) is 7.04. The quantitative estimate of drug-likeness (QED) is 0.834. The number of rotatable bonds is 5. The lowest BCUT2D eigenvalue weighted by atomic mass is 10.0. The Kier molecular flexibility index (Phi) is 3.44. The van der Waals surface area contributed by atoms with Crippen LogP contribution in [0.3, 0.4) is 0 Å². The van der Waals surface area contributed by atoms with Gasteiger partial charge in [-0.1, -0.05) is 22.9 Å². The van der Waals surface area contributed by atoms with Gasteiger partial charge in [0, 0.05) is 16.4 Å². The SMILES string of the molecule is CCC1(CNC(C)c2cc3cc(Br)ccc3o2)CC1. The van der Waals surface area contributed by atoms with E-state index in [1.807, 2.05) is 12.1 Å². The van der Waals surface area contributed by atoms with Crippen molar-refractivity contribution in [2.75, 3.05) is 6.54 Å². The summed E-state index contributed by atoms with van der Waals surface area (Å²) in [5.41, 5.74) is 1.53. The molecule has 0 aliphatic heterocycles.